The number of hydrogen-bond acceptors (Lipinski definition) is 4. The van der Waals surface area contributed by atoms with Gasteiger partial charge in [-0.05, 0) is 11.1 Å². The zero-order valence-corrected chi connectivity index (χ0v) is 15.4. The summed E-state index contributed by atoms with van der Waals surface area (Å²) in [5.41, 5.74) is 1.83. The maximum absolute atomic E-state index is 13.0. The van der Waals surface area contributed by atoms with Gasteiger partial charge in [0.1, 0.15) is 18.8 Å². The zero-order chi connectivity index (χ0) is 19.3. The summed E-state index contributed by atoms with van der Waals surface area (Å²) in [7, 11) is 0. The second-order valence-electron chi connectivity index (χ2n) is 6.94. The Balaban J connectivity index is 1.42. The maximum Gasteiger partial charge on any atom is 0.408 e. The van der Waals surface area contributed by atoms with Crippen LogP contribution in [0.4, 0.5) is 4.79 Å². The summed E-state index contributed by atoms with van der Waals surface area (Å²) in [6, 6.07) is 18.1. The maximum atomic E-state index is 13.0. The van der Waals surface area contributed by atoms with E-state index < -0.39 is 12.1 Å². The second kappa shape index (κ2) is 8.27. The van der Waals surface area contributed by atoms with Crippen molar-refractivity contribution in [3.05, 3.63) is 83.9 Å². The molecule has 1 aliphatic heterocycles. The zero-order valence-electron chi connectivity index (χ0n) is 15.4. The third-order valence-corrected chi connectivity index (χ3v) is 4.87. The van der Waals surface area contributed by atoms with Crippen LogP contribution in [0, 0.1) is 0 Å². The Hall–Kier alpha value is -3.12. The minimum Gasteiger partial charge on any atom is -0.445 e. The molecule has 0 aromatic heterocycles. The fourth-order valence-corrected chi connectivity index (χ4v) is 3.45. The monoisotopic (exact) mass is 378 g/mol. The summed E-state index contributed by atoms with van der Waals surface area (Å²) >= 11 is 0. The van der Waals surface area contributed by atoms with Gasteiger partial charge in [-0.1, -0.05) is 72.8 Å². The quantitative estimate of drug-likeness (QED) is 0.785. The number of benzene rings is 2. The summed E-state index contributed by atoms with van der Waals surface area (Å²) in [5.74, 6) is -0.266. The van der Waals surface area contributed by atoms with Crippen molar-refractivity contribution in [3.63, 3.8) is 0 Å². The van der Waals surface area contributed by atoms with Gasteiger partial charge in [-0.2, -0.15) is 0 Å². The first-order valence-electron chi connectivity index (χ1n) is 9.38. The molecule has 6 heteroatoms. The Morgan fingerprint density at radius 1 is 1.04 bits per heavy atom. The van der Waals surface area contributed by atoms with E-state index in [4.69, 9.17) is 9.57 Å². The average Bonchev–Trinajstić information content (AvgIpc) is 3.36. The molecule has 28 heavy (non-hydrogen) atoms. The van der Waals surface area contributed by atoms with Gasteiger partial charge in [0, 0.05) is 12.8 Å². The molecule has 2 aromatic carbocycles. The van der Waals surface area contributed by atoms with Crippen molar-refractivity contribution >= 4 is 12.0 Å². The van der Waals surface area contributed by atoms with Crippen LogP contribution in [-0.4, -0.2) is 35.3 Å². The van der Waals surface area contributed by atoms with Gasteiger partial charge in [0.15, 0.2) is 0 Å². The third-order valence-electron chi connectivity index (χ3n) is 4.87. The highest BCUT2D eigenvalue weighted by Gasteiger charge is 2.41. The molecule has 1 saturated heterocycles. The normalized spacial score (nSPS) is 20.8. The van der Waals surface area contributed by atoms with Crippen LogP contribution in [0.5, 0.6) is 0 Å². The summed E-state index contributed by atoms with van der Waals surface area (Å²) in [6.07, 6.45) is 4.37. The molecule has 1 heterocycles. The SMILES string of the molecule is O=C(N[C@@H](Cc1ccccc1)C(=O)N1O[C@H]2C=C[C@@H]1C2)OCc1ccccc1. The van der Waals surface area contributed by atoms with Crippen molar-refractivity contribution in [1.29, 1.82) is 0 Å². The van der Waals surface area contributed by atoms with Crippen molar-refractivity contribution in [2.75, 3.05) is 0 Å². The van der Waals surface area contributed by atoms with Crippen LogP contribution >= 0.6 is 0 Å². The van der Waals surface area contributed by atoms with Crippen molar-refractivity contribution in [2.45, 2.75) is 37.6 Å². The molecule has 6 nitrogen and oxygen atoms in total. The Bertz CT molecular complexity index is 853. The number of alkyl carbamates (subject to hydrolysis) is 1. The molecule has 1 aliphatic carbocycles. The molecule has 2 amide bonds. The lowest BCUT2D eigenvalue weighted by Gasteiger charge is -2.27. The van der Waals surface area contributed by atoms with Gasteiger partial charge in [-0.25, -0.2) is 9.86 Å². The van der Waals surface area contributed by atoms with Crippen LogP contribution < -0.4 is 5.32 Å². The molecule has 2 aromatic rings. The minimum atomic E-state index is -0.765. The highest BCUT2D eigenvalue weighted by atomic mass is 16.7. The number of hydrogen-bond donors (Lipinski definition) is 1. The van der Waals surface area contributed by atoms with Gasteiger partial charge in [0.05, 0.1) is 6.04 Å². The van der Waals surface area contributed by atoms with E-state index in [0.717, 1.165) is 17.5 Å². The molecule has 1 N–H and O–H groups in total. The molecule has 4 rings (SSSR count). The van der Waals surface area contributed by atoms with Crippen LogP contribution in [-0.2, 0) is 27.4 Å². The van der Waals surface area contributed by atoms with Crippen LogP contribution in [0.2, 0.25) is 0 Å². The number of amides is 2. The molecule has 3 atom stereocenters. The lowest BCUT2D eigenvalue weighted by atomic mass is 10.0. The third kappa shape index (κ3) is 4.23. The number of ether oxygens (including phenoxy) is 1. The molecular formula is C22H22N2O4. The summed E-state index contributed by atoms with van der Waals surface area (Å²) in [4.78, 5) is 31.0. The molecule has 2 aliphatic rings. The molecule has 0 unspecified atom stereocenters. The molecule has 0 saturated carbocycles. The van der Waals surface area contributed by atoms with Gasteiger partial charge in [-0.15, -0.1) is 0 Å². The van der Waals surface area contributed by atoms with Crippen LogP contribution in [0.15, 0.2) is 72.8 Å². The molecular weight excluding hydrogens is 356 g/mol. The van der Waals surface area contributed by atoms with Gasteiger partial charge >= 0.3 is 6.09 Å². The van der Waals surface area contributed by atoms with Crippen molar-refractivity contribution < 1.29 is 19.2 Å². The van der Waals surface area contributed by atoms with Crippen molar-refractivity contribution in [2.24, 2.45) is 0 Å². The van der Waals surface area contributed by atoms with E-state index in [2.05, 4.69) is 5.32 Å². The Kier molecular flexibility index (Phi) is 5.39. The van der Waals surface area contributed by atoms with Gasteiger partial charge in [-0.3, -0.25) is 9.63 Å². The standard InChI is InChI=1S/C22H22N2O4/c25-21(24-18-11-12-19(14-18)28-24)20(13-16-7-3-1-4-8-16)23-22(26)27-15-17-9-5-2-6-10-17/h1-12,18-20H,13-15H2,(H,23,26)/t18-,19+,20+/m1/s1. The van der Waals surface area contributed by atoms with E-state index in [1.807, 2.05) is 72.8 Å². The molecule has 0 spiro atoms. The Labute approximate surface area is 163 Å². The van der Waals surface area contributed by atoms with Crippen molar-refractivity contribution in [3.8, 4) is 0 Å². The first kappa shape index (κ1) is 18.3. The number of nitrogens with one attached hydrogen (secondary N) is 1. The summed E-state index contributed by atoms with van der Waals surface area (Å²) in [5, 5.41) is 4.10. The van der Waals surface area contributed by atoms with E-state index in [1.165, 1.54) is 5.06 Å². The van der Waals surface area contributed by atoms with Crippen LogP contribution in [0.25, 0.3) is 0 Å². The average molecular weight is 378 g/mol. The van der Waals surface area contributed by atoms with Gasteiger partial charge < -0.3 is 10.1 Å². The first-order valence-corrected chi connectivity index (χ1v) is 9.38. The predicted molar refractivity (Wildman–Crippen MR) is 103 cm³/mol. The van der Waals surface area contributed by atoms with Gasteiger partial charge in [0.25, 0.3) is 5.91 Å². The lowest BCUT2D eigenvalue weighted by Crippen LogP contribution is -2.51. The minimum absolute atomic E-state index is 0.0589. The Morgan fingerprint density at radius 2 is 1.71 bits per heavy atom. The van der Waals surface area contributed by atoms with E-state index >= 15 is 0 Å². The lowest BCUT2D eigenvalue weighted by molar-refractivity contribution is -0.185. The van der Waals surface area contributed by atoms with Crippen LogP contribution in [0.1, 0.15) is 17.5 Å². The molecule has 2 bridgehead atoms. The van der Waals surface area contributed by atoms with Gasteiger partial charge in [0.2, 0.25) is 0 Å². The number of hydroxylamine groups is 2. The van der Waals surface area contributed by atoms with Crippen LogP contribution in [0.3, 0.4) is 0 Å². The number of rotatable bonds is 6. The summed E-state index contributed by atoms with van der Waals surface area (Å²) in [6.45, 7) is 0.145. The highest BCUT2D eigenvalue weighted by Crippen LogP contribution is 2.29. The van der Waals surface area contributed by atoms with Crippen molar-refractivity contribution in [1.82, 2.24) is 10.4 Å². The van der Waals surface area contributed by atoms with E-state index in [0.29, 0.717) is 6.42 Å². The number of fused-ring (bicyclic) bond motifs is 2. The molecule has 0 radical (unpaired) electrons. The number of nitrogens with zero attached hydrogens (tertiary/aromatic N) is 1. The van der Waals surface area contributed by atoms with E-state index in [1.54, 1.807) is 0 Å². The second-order valence-corrected chi connectivity index (χ2v) is 6.94. The number of carbonyl (C=O) groups excluding carboxylic acids is 2. The molecule has 1 fully saturated rings. The first-order chi connectivity index (χ1) is 13.7. The van der Waals surface area contributed by atoms with E-state index in [9.17, 15) is 9.59 Å². The predicted octanol–water partition coefficient (Wildman–Crippen LogP) is 3.00. The topological polar surface area (TPSA) is 67.9 Å². The summed E-state index contributed by atoms with van der Waals surface area (Å²) < 4.78 is 5.30. The fourth-order valence-electron chi connectivity index (χ4n) is 3.45. The molecule has 144 valence electrons. The largest absolute Gasteiger partial charge is 0.445 e. The highest BCUT2D eigenvalue weighted by molar-refractivity contribution is 5.86. The Morgan fingerprint density at radius 3 is 2.32 bits per heavy atom. The number of carbonyl (C=O) groups is 2. The fraction of sp³-hybridized carbons (Fsp3) is 0.273. The van der Waals surface area contributed by atoms with E-state index in [-0.39, 0.29) is 24.7 Å². The smallest absolute Gasteiger partial charge is 0.408 e.